The van der Waals surface area contributed by atoms with Gasteiger partial charge in [0.2, 0.25) is 0 Å². The van der Waals surface area contributed by atoms with Crippen LogP contribution in [0.2, 0.25) is 0 Å². The minimum atomic E-state index is -0.0138. The number of aryl methyl sites for hydroxylation is 2. The van der Waals surface area contributed by atoms with E-state index < -0.39 is 0 Å². The molecule has 0 N–H and O–H groups in total. The summed E-state index contributed by atoms with van der Waals surface area (Å²) in [5.74, 6) is 0. The monoisotopic (exact) mass is 196 g/mol. The van der Waals surface area contributed by atoms with Crippen molar-refractivity contribution in [1.82, 2.24) is 19.3 Å². The molecule has 0 atom stereocenters. The Hall–Kier alpha value is -1.43. The molecule has 68 valence electrons. The van der Waals surface area contributed by atoms with Crippen LogP contribution >= 0.6 is 11.3 Å². The van der Waals surface area contributed by atoms with Gasteiger partial charge < -0.3 is 4.57 Å². The van der Waals surface area contributed by atoms with Crippen LogP contribution in [-0.4, -0.2) is 19.3 Å². The molecule has 0 saturated heterocycles. The second kappa shape index (κ2) is 3.53. The van der Waals surface area contributed by atoms with Crippen LogP contribution in [0.3, 0.4) is 0 Å². The van der Waals surface area contributed by atoms with E-state index in [-0.39, 0.29) is 4.87 Å². The van der Waals surface area contributed by atoms with E-state index in [4.69, 9.17) is 0 Å². The molecular weight excluding hydrogens is 188 g/mol. The third-order valence-corrected chi connectivity index (χ3v) is 2.29. The molecule has 0 aliphatic heterocycles. The third-order valence-electron chi connectivity index (χ3n) is 1.68. The summed E-state index contributed by atoms with van der Waals surface area (Å²) in [4.78, 5) is 15.0. The molecule has 0 aliphatic carbocycles. The van der Waals surface area contributed by atoms with Crippen LogP contribution in [0, 0.1) is 0 Å². The van der Waals surface area contributed by atoms with E-state index in [1.807, 2.05) is 10.8 Å². The quantitative estimate of drug-likeness (QED) is 0.704. The summed E-state index contributed by atoms with van der Waals surface area (Å²) in [6, 6.07) is 0. The normalized spacial score (nSPS) is 10.5. The van der Waals surface area contributed by atoms with Gasteiger partial charge in [0.25, 0.3) is 0 Å². The summed E-state index contributed by atoms with van der Waals surface area (Å²) in [5.41, 5.74) is 1.55. The molecule has 0 fully saturated rings. The zero-order chi connectivity index (χ0) is 9.10. The van der Waals surface area contributed by atoms with Gasteiger partial charge in [-0.05, 0) is 0 Å². The highest BCUT2D eigenvalue weighted by Gasteiger charge is 1.97. The topological polar surface area (TPSA) is 52.7 Å². The summed E-state index contributed by atoms with van der Waals surface area (Å²) < 4.78 is 3.36. The fourth-order valence-corrected chi connectivity index (χ4v) is 1.52. The van der Waals surface area contributed by atoms with Gasteiger partial charge in [-0.3, -0.25) is 4.79 Å². The van der Waals surface area contributed by atoms with Crippen molar-refractivity contribution >= 4 is 11.3 Å². The Kier molecular flexibility index (Phi) is 2.22. The molecule has 5 nitrogen and oxygen atoms in total. The average molecular weight is 196 g/mol. The zero-order valence-electron chi connectivity index (χ0n) is 6.83. The van der Waals surface area contributed by atoms with Crippen LogP contribution in [-0.2, 0) is 13.1 Å². The number of hydrogen-bond acceptors (Lipinski definition) is 4. The lowest BCUT2D eigenvalue weighted by atomic mass is 10.6. The van der Waals surface area contributed by atoms with Gasteiger partial charge in [0, 0.05) is 18.9 Å². The first-order chi connectivity index (χ1) is 6.36. The van der Waals surface area contributed by atoms with Crippen molar-refractivity contribution in [3.63, 3.8) is 0 Å². The minimum Gasteiger partial charge on any atom is -0.336 e. The largest absolute Gasteiger partial charge is 0.336 e. The van der Waals surface area contributed by atoms with Crippen molar-refractivity contribution in [3.05, 3.63) is 33.9 Å². The minimum absolute atomic E-state index is 0.0138. The van der Waals surface area contributed by atoms with Gasteiger partial charge in [0.1, 0.15) is 5.51 Å². The number of nitrogens with zero attached hydrogens (tertiary/aromatic N) is 4. The predicted octanol–water partition coefficient (Wildman–Crippen LogP) is 0.201. The Morgan fingerprint density at radius 1 is 1.46 bits per heavy atom. The molecular formula is C7H8N4OS. The summed E-state index contributed by atoms with van der Waals surface area (Å²) in [7, 11) is 0. The van der Waals surface area contributed by atoms with E-state index in [0.29, 0.717) is 6.54 Å². The van der Waals surface area contributed by atoms with Crippen LogP contribution in [0.5, 0.6) is 0 Å². The van der Waals surface area contributed by atoms with Crippen molar-refractivity contribution in [3.8, 4) is 0 Å². The third kappa shape index (κ3) is 1.83. The molecule has 2 rings (SSSR count). The van der Waals surface area contributed by atoms with Crippen molar-refractivity contribution < 1.29 is 0 Å². The van der Waals surface area contributed by atoms with Crippen molar-refractivity contribution in [2.45, 2.75) is 13.1 Å². The van der Waals surface area contributed by atoms with Gasteiger partial charge in [-0.15, -0.1) is 0 Å². The van der Waals surface area contributed by atoms with E-state index in [2.05, 4.69) is 10.1 Å². The molecule has 13 heavy (non-hydrogen) atoms. The molecule has 0 bridgehead atoms. The van der Waals surface area contributed by atoms with E-state index >= 15 is 0 Å². The number of imidazole rings is 1. The van der Waals surface area contributed by atoms with Crippen LogP contribution < -0.4 is 4.87 Å². The maximum atomic E-state index is 11.1. The van der Waals surface area contributed by atoms with Gasteiger partial charge in [0.15, 0.2) is 0 Å². The first-order valence-electron chi connectivity index (χ1n) is 3.82. The second-order valence-corrected chi connectivity index (χ2v) is 3.32. The smallest absolute Gasteiger partial charge is 0.324 e. The molecule has 0 amide bonds. The summed E-state index contributed by atoms with van der Waals surface area (Å²) in [5, 5.41) is 3.90. The zero-order valence-corrected chi connectivity index (χ0v) is 7.65. The molecule has 6 heteroatoms. The van der Waals surface area contributed by atoms with Gasteiger partial charge in [-0.1, -0.05) is 11.3 Å². The van der Waals surface area contributed by atoms with Crippen molar-refractivity contribution in [2.24, 2.45) is 0 Å². The van der Waals surface area contributed by atoms with Gasteiger partial charge >= 0.3 is 4.87 Å². The molecule has 2 aromatic rings. The Balaban J connectivity index is 2.01. The lowest BCUT2D eigenvalue weighted by Crippen LogP contribution is -2.17. The predicted molar refractivity (Wildman–Crippen MR) is 48.6 cm³/mol. The van der Waals surface area contributed by atoms with Gasteiger partial charge in [-0.2, -0.15) is 5.10 Å². The summed E-state index contributed by atoms with van der Waals surface area (Å²) in [6.45, 7) is 1.32. The SMILES string of the molecule is O=c1scnn1CCn1ccnc1. The molecule has 0 aliphatic rings. The molecule has 2 heterocycles. The Labute approximate surface area is 78.3 Å². The van der Waals surface area contributed by atoms with E-state index in [1.54, 1.807) is 18.0 Å². The first-order valence-corrected chi connectivity index (χ1v) is 4.70. The first kappa shape index (κ1) is 8.18. The van der Waals surface area contributed by atoms with Gasteiger partial charge in [0.05, 0.1) is 12.9 Å². The molecule has 0 aromatic carbocycles. The number of hydrogen-bond donors (Lipinski definition) is 0. The van der Waals surface area contributed by atoms with Crippen LogP contribution in [0.25, 0.3) is 0 Å². The highest BCUT2D eigenvalue weighted by molar-refractivity contribution is 7.06. The molecule has 0 saturated carbocycles. The van der Waals surface area contributed by atoms with E-state index in [1.165, 1.54) is 4.68 Å². The fraction of sp³-hybridized carbons (Fsp3) is 0.286. The van der Waals surface area contributed by atoms with Gasteiger partial charge in [-0.25, -0.2) is 9.67 Å². The fourth-order valence-electron chi connectivity index (χ4n) is 1.01. The maximum absolute atomic E-state index is 11.1. The highest BCUT2D eigenvalue weighted by Crippen LogP contribution is 1.89. The molecule has 0 spiro atoms. The van der Waals surface area contributed by atoms with E-state index in [9.17, 15) is 4.79 Å². The molecule has 2 aromatic heterocycles. The Morgan fingerprint density at radius 3 is 3.00 bits per heavy atom. The van der Waals surface area contributed by atoms with Crippen LogP contribution in [0.4, 0.5) is 0 Å². The van der Waals surface area contributed by atoms with Crippen LogP contribution in [0.1, 0.15) is 0 Å². The summed E-state index contributed by atoms with van der Waals surface area (Å²) in [6.07, 6.45) is 5.29. The summed E-state index contributed by atoms with van der Waals surface area (Å²) >= 11 is 1.11. The van der Waals surface area contributed by atoms with Crippen LogP contribution in [0.15, 0.2) is 29.0 Å². The van der Waals surface area contributed by atoms with Crippen molar-refractivity contribution in [2.75, 3.05) is 0 Å². The molecule has 0 radical (unpaired) electrons. The Morgan fingerprint density at radius 2 is 2.38 bits per heavy atom. The average Bonchev–Trinajstić information content (AvgIpc) is 2.72. The van der Waals surface area contributed by atoms with E-state index in [0.717, 1.165) is 17.9 Å². The standard InChI is InChI=1S/C7H8N4OS/c12-7-11(9-6-13-7)4-3-10-2-1-8-5-10/h1-2,5-6H,3-4H2. The Bertz CT molecular complexity index is 416. The van der Waals surface area contributed by atoms with Crippen molar-refractivity contribution in [1.29, 1.82) is 0 Å². The second-order valence-electron chi connectivity index (χ2n) is 2.53. The number of aromatic nitrogens is 4. The molecule has 0 unspecified atom stereocenters. The lowest BCUT2D eigenvalue weighted by molar-refractivity contribution is 0.523. The lowest BCUT2D eigenvalue weighted by Gasteiger charge is -1.99. The highest BCUT2D eigenvalue weighted by atomic mass is 32.1. The number of rotatable bonds is 3. The maximum Gasteiger partial charge on any atom is 0.324 e.